The first-order valence-electron chi connectivity index (χ1n) is 4.87. The average Bonchev–Trinajstić information content (AvgIpc) is 2.41. The van der Waals surface area contributed by atoms with E-state index in [0.717, 1.165) is 25.1 Å². The second-order valence-corrected chi connectivity index (χ2v) is 3.61. The monoisotopic (exact) mass is 181 g/mol. The van der Waals surface area contributed by atoms with Crippen molar-refractivity contribution in [2.75, 3.05) is 6.54 Å². The van der Waals surface area contributed by atoms with Gasteiger partial charge in [-0.15, -0.1) is 0 Å². The van der Waals surface area contributed by atoms with Crippen molar-refractivity contribution >= 4 is 0 Å². The summed E-state index contributed by atoms with van der Waals surface area (Å²) in [6, 6.07) is 2.14. The zero-order valence-corrected chi connectivity index (χ0v) is 8.75. The molecule has 0 spiro atoms. The van der Waals surface area contributed by atoms with Gasteiger partial charge in [0.25, 0.3) is 0 Å². The molecule has 2 N–H and O–H groups in total. The molecule has 0 amide bonds. The van der Waals surface area contributed by atoms with Crippen molar-refractivity contribution in [3.8, 4) is 0 Å². The minimum Gasteiger partial charge on any atom is -0.330 e. The van der Waals surface area contributed by atoms with Crippen LogP contribution in [0.4, 0.5) is 0 Å². The summed E-state index contributed by atoms with van der Waals surface area (Å²) in [5.74, 6) is 0.592. The van der Waals surface area contributed by atoms with Crippen molar-refractivity contribution in [1.82, 2.24) is 9.78 Å². The standard InChI is InChI=1S/C10H19N3/c1-4-9(7-11)6-10-5-8(2)12-13(10)3/h5,9H,4,6-7,11H2,1-3H3. The van der Waals surface area contributed by atoms with E-state index in [0.29, 0.717) is 5.92 Å². The van der Waals surface area contributed by atoms with E-state index in [9.17, 15) is 0 Å². The van der Waals surface area contributed by atoms with E-state index in [2.05, 4.69) is 18.1 Å². The number of nitrogens with zero attached hydrogens (tertiary/aromatic N) is 2. The highest BCUT2D eigenvalue weighted by molar-refractivity contribution is 5.09. The third kappa shape index (κ3) is 2.56. The van der Waals surface area contributed by atoms with E-state index in [1.807, 2.05) is 18.7 Å². The number of nitrogens with two attached hydrogens (primary N) is 1. The molecule has 1 atom stereocenters. The topological polar surface area (TPSA) is 43.8 Å². The molecule has 0 aliphatic heterocycles. The van der Waals surface area contributed by atoms with Gasteiger partial charge in [-0.05, 0) is 31.9 Å². The Kier molecular flexibility index (Phi) is 3.48. The summed E-state index contributed by atoms with van der Waals surface area (Å²) < 4.78 is 1.95. The summed E-state index contributed by atoms with van der Waals surface area (Å²) in [5, 5.41) is 4.31. The van der Waals surface area contributed by atoms with Crippen LogP contribution in [0.1, 0.15) is 24.7 Å². The van der Waals surface area contributed by atoms with Gasteiger partial charge in [0.05, 0.1) is 5.69 Å². The maximum Gasteiger partial charge on any atom is 0.0596 e. The van der Waals surface area contributed by atoms with Crippen LogP contribution in [0.25, 0.3) is 0 Å². The van der Waals surface area contributed by atoms with Crippen molar-refractivity contribution < 1.29 is 0 Å². The molecule has 0 aliphatic carbocycles. The molecule has 1 aromatic heterocycles. The third-order valence-electron chi connectivity index (χ3n) is 2.51. The van der Waals surface area contributed by atoms with E-state index < -0.39 is 0 Å². The smallest absolute Gasteiger partial charge is 0.0596 e. The van der Waals surface area contributed by atoms with Crippen LogP contribution in [0.2, 0.25) is 0 Å². The zero-order valence-electron chi connectivity index (χ0n) is 8.75. The Morgan fingerprint density at radius 1 is 1.62 bits per heavy atom. The number of hydrogen-bond donors (Lipinski definition) is 1. The minimum absolute atomic E-state index is 0.592. The maximum atomic E-state index is 5.66. The Hall–Kier alpha value is -0.830. The SMILES string of the molecule is CCC(CN)Cc1cc(C)nn1C. The van der Waals surface area contributed by atoms with Gasteiger partial charge in [0.2, 0.25) is 0 Å². The molecule has 1 rings (SSSR count). The van der Waals surface area contributed by atoms with Crippen molar-refractivity contribution in [2.24, 2.45) is 18.7 Å². The Labute approximate surface area is 79.9 Å². The van der Waals surface area contributed by atoms with Crippen molar-refractivity contribution in [1.29, 1.82) is 0 Å². The van der Waals surface area contributed by atoms with E-state index in [4.69, 9.17) is 5.73 Å². The van der Waals surface area contributed by atoms with Crippen molar-refractivity contribution in [3.05, 3.63) is 17.5 Å². The molecule has 0 radical (unpaired) electrons. The summed E-state index contributed by atoms with van der Waals surface area (Å²) >= 11 is 0. The largest absolute Gasteiger partial charge is 0.330 e. The molecular formula is C10H19N3. The lowest BCUT2D eigenvalue weighted by molar-refractivity contribution is 0.498. The highest BCUT2D eigenvalue weighted by Gasteiger charge is 2.08. The normalized spacial score (nSPS) is 13.2. The lowest BCUT2D eigenvalue weighted by atomic mass is 10.0. The third-order valence-corrected chi connectivity index (χ3v) is 2.51. The average molecular weight is 181 g/mol. The molecule has 0 aromatic carbocycles. The van der Waals surface area contributed by atoms with Crippen LogP contribution in [0.5, 0.6) is 0 Å². The van der Waals surface area contributed by atoms with Crippen LogP contribution in [-0.2, 0) is 13.5 Å². The quantitative estimate of drug-likeness (QED) is 0.760. The highest BCUT2D eigenvalue weighted by Crippen LogP contribution is 2.11. The first-order chi connectivity index (χ1) is 6.17. The van der Waals surface area contributed by atoms with E-state index >= 15 is 0 Å². The molecule has 1 heterocycles. The highest BCUT2D eigenvalue weighted by atomic mass is 15.3. The van der Waals surface area contributed by atoms with Crippen LogP contribution in [-0.4, -0.2) is 16.3 Å². The van der Waals surface area contributed by atoms with Crippen molar-refractivity contribution in [2.45, 2.75) is 26.7 Å². The molecule has 0 aliphatic rings. The Morgan fingerprint density at radius 3 is 2.69 bits per heavy atom. The lowest BCUT2D eigenvalue weighted by Gasteiger charge is -2.11. The first-order valence-corrected chi connectivity index (χ1v) is 4.87. The van der Waals surface area contributed by atoms with Crippen LogP contribution in [0, 0.1) is 12.8 Å². The fraction of sp³-hybridized carbons (Fsp3) is 0.700. The van der Waals surface area contributed by atoms with E-state index in [1.165, 1.54) is 5.69 Å². The van der Waals surface area contributed by atoms with Gasteiger partial charge in [0.1, 0.15) is 0 Å². The molecule has 0 fully saturated rings. The van der Waals surface area contributed by atoms with Crippen LogP contribution in [0.3, 0.4) is 0 Å². The molecule has 13 heavy (non-hydrogen) atoms. The molecule has 0 saturated heterocycles. The number of hydrogen-bond acceptors (Lipinski definition) is 2. The summed E-state index contributed by atoms with van der Waals surface area (Å²) in [5.41, 5.74) is 8.03. The fourth-order valence-electron chi connectivity index (χ4n) is 1.55. The Morgan fingerprint density at radius 2 is 2.31 bits per heavy atom. The van der Waals surface area contributed by atoms with Gasteiger partial charge in [-0.1, -0.05) is 13.3 Å². The molecule has 0 bridgehead atoms. The van der Waals surface area contributed by atoms with Gasteiger partial charge in [-0.3, -0.25) is 4.68 Å². The summed E-state index contributed by atoms with van der Waals surface area (Å²) in [6.07, 6.45) is 2.19. The van der Waals surface area contributed by atoms with Crippen LogP contribution in [0.15, 0.2) is 6.07 Å². The predicted octanol–water partition coefficient (Wildman–Crippen LogP) is 1.26. The van der Waals surface area contributed by atoms with Gasteiger partial charge in [0, 0.05) is 12.7 Å². The fourth-order valence-corrected chi connectivity index (χ4v) is 1.55. The Bertz CT molecular complexity index is 261. The maximum absolute atomic E-state index is 5.66. The molecule has 1 aromatic rings. The van der Waals surface area contributed by atoms with Crippen LogP contribution < -0.4 is 5.73 Å². The van der Waals surface area contributed by atoms with E-state index in [1.54, 1.807) is 0 Å². The lowest BCUT2D eigenvalue weighted by Crippen LogP contribution is -2.17. The first kappa shape index (κ1) is 10.3. The van der Waals surface area contributed by atoms with Crippen molar-refractivity contribution in [3.63, 3.8) is 0 Å². The Balaban J connectivity index is 2.67. The van der Waals surface area contributed by atoms with Gasteiger partial charge in [-0.25, -0.2) is 0 Å². The van der Waals surface area contributed by atoms with Gasteiger partial charge < -0.3 is 5.73 Å². The molecule has 0 saturated carbocycles. The van der Waals surface area contributed by atoms with Gasteiger partial charge >= 0.3 is 0 Å². The number of aryl methyl sites for hydroxylation is 2. The second kappa shape index (κ2) is 4.42. The second-order valence-electron chi connectivity index (χ2n) is 3.61. The van der Waals surface area contributed by atoms with Gasteiger partial charge in [0.15, 0.2) is 0 Å². The molecule has 1 unspecified atom stereocenters. The number of aromatic nitrogens is 2. The molecular weight excluding hydrogens is 162 g/mol. The molecule has 74 valence electrons. The van der Waals surface area contributed by atoms with Gasteiger partial charge in [-0.2, -0.15) is 5.10 Å². The van der Waals surface area contributed by atoms with E-state index in [-0.39, 0.29) is 0 Å². The molecule has 3 heteroatoms. The summed E-state index contributed by atoms with van der Waals surface area (Å²) in [4.78, 5) is 0. The minimum atomic E-state index is 0.592. The zero-order chi connectivity index (χ0) is 9.84. The summed E-state index contributed by atoms with van der Waals surface area (Å²) in [7, 11) is 1.99. The predicted molar refractivity (Wildman–Crippen MR) is 54.5 cm³/mol. The molecule has 3 nitrogen and oxygen atoms in total. The summed E-state index contributed by atoms with van der Waals surface area (Å²) in [6.45, 7) is 4.97. The number of rotatable bonds is 4. The van der Waals surface area contributed by atoms with Crippen LogP contribution >= 0.6 is 0 Å².